The van der Waals surface area contributed by atoms with Crippen LogP contribution in [0.2, 0.25) is 0 Å². The van der Waals surface area contributed by atoms with Crippen molar-refractivity contribution in [2.24, 2.45) is 0 Å². The molecular weight excluding hydrogens is 306 g/mol. The second-order valence-corrected chi connectivity index (χ2v) is 7.14. The van der Waals surface area contributed by atoms with E-state index in [1.165, 1.54) is 11.4 Å². The third-order valence-corrected chi connectivity index (χ3v) is 5.69. The minimum absolute atomic E-state index is 0.116. The van der Waals surface area contributed by atoms with Crippen molar-refractivity contribution in [3.63, 3.8) is 0 Å². The topological polar surface area (TPSA) is 81.5 Å². The summed E-state index contributed by atoms with van der Waals surface area (Å²) < 4.78 is 32.4. The van der Waals surface area contributed by atoms with Gasteiger partial charge in [0.1, 0.15) is 5.52 Å². The molecule has 0 radical (unpaired) electrons. The summed E-state index contributed by atoms with van der Waals surface area (Å²) in [6.45, 7) is 3.03. The lowest BCUT2D eigenvalue weighted by atomic mass is 10.1. The quantitative estimate of drug-likeness (QED) is 0.797. The second-order valence-electron chi connectivity index (χ2n) is 5.13. The van der Waals surface area contributed by atoms with E-state index in [0.717, 1.165) is 5.52 Å². The third-order valence-electron chi connectivity index (χ3n) is 3.84. The van der Waals surface area contributed by atoms with Crippen LogP contribution >= 0.6 is 0 Å². The predicted octanol–water partition coefficient (Wildman–Crippen LogP) is 1.38. The van der Waals surface area contributed by atoms with Crippen molar-refractivity contribution in [2.45, 2.75) is 19.9 Å². The Labute approximate surface area is 128 Å². The number of methoxy groups -OCH3 is 1. The van der Waals surface area contributed by atoms with Crippen molar-refractivity contribution < 1.29 is 17.9 Å². The molecule has 118 valence electrons. The number of ether oxygens (including phenoxy) is 1. The van der Waals surface area contributed by atoms with Crippen molar-refractivity contribution >= 4 is 32.7 Å². The van der Waals surface area contributed by atoms with Crippen molar-refractivity contribution in [3.8, 4) is 0 Å². The average Bonchev–Trinajstić information content (AvgIpc) is 3.07. The van der Waals surface area contributed by atoms with E-state index < -0.39 is 16.0 Å². The van der Waals surface area contributed by atoms with Crippen LogP contribution in [-0.4, -0.2) is 43.3 Å². The van der Waals surface area contributed by atoms with Gasteiger partial charge in [0.2, 0.25) is 10.0 Å². The molecule has 2 aromatic rings. The van der Waals surface area contributed by atoms with Gasteiger partial charge in [-0.2, -0.15) is 0 Å². The molecule has 8 heteroatoms. The number of aromatic nitrogens is 2. The molecule has 0 saturated carbocycles. The molecule has 1 saturated heterocycles. The number of benzene rings is 1. The van der Waals surface area contributed by atoms with E-state index in [2.05, 4.69) is 4.98 Å². The van der Waals surface area contributed by atoms with Gasteiger partial charge in [0.15, 0.2) is 0 Å². The van der Waals surface area contributed by atoms with Crippen LogP contribution in [0.5, 0.6) is 0 Å². The molecule has 0 atom stereocenters. The molecule has 0 amide bonds. The number of fused-ring (bicyclic) bond motifs is 1. The molecule has 0 unspecified atom stereocenters. The zero-order chi connectivity index (χ0) is 15.9. The first kappa shape index (κ1) is 14.8. The molecule has 7 nitrogen and oxygen atoms in total. The number of carbonyl (C=O) groups excluding carboxylic acids is 1. The highest BCUT2D eigenvalue weighted by atomic mass is 32.2. The molecule has 1 aliphatic rings. The number of esters is 1. The van der Waals surface area contributed by atoms with Crippen LogP contribution in [0.4, 0.5) is 5.69 Å². The molecule has 3 rings (SSSR count). The van der Waals surface area contributed by atoms with E-state index in [-0.39, 0.29) is 5.75 Å². The molecular formula is C14H17N3O4S. The van der Waals surface area contributed by atoms with Crippen LogP contribution in [0.15, 0.2) is 18.5 Å². The van der Waals surface area contributed by atoms with Crippen molar-refractivity contribution in [3.05, 3.63) is 24.0 Å². The van der Waals surface area contributed by atoms with Gasteiger partial charge in [-0.1, -0.05) is 0 Å². The number of rotatable bonds is 3. The van der Waals surface area contributed by atoms with Crippen LogP contribution in [0, 0.1) is 0 Å². The largest absolute Gasteiger partial charge is 0.465 e. The van der Waals surface area contributed by atoms with E-state index >= 15 is 0 Å². The summed E-state index contributed by atoms with van der Waals surface area (Å²) in [5.41, 5.74) is 2.08. The van der Waals surface area contributed by atoms with Crippen LogP contribution < -0.4 is 4.31 Å². The van der Waals surface area contributed by atoms with Gasteiger partial charge in [-0.15, -0.1) is 0 Å². The van der Waals surface area contributed by atoms with E-state index in [4.69, 9.17) is 4.74 Å². The third kappa shape index (κ3) is 2.23. The summed E-state index contributed by atoms with van der Waals surface area (Å²) in [5.74, 6) is -0.380. The Morgan fingerprint density at radius 2 is 2.18 bits per heavy atom. The lowest BCUT2D eigenvalue weighted by Gasteiger charge is -2.18. The summed E-state index contributed by atoms with van der Waals surface area (Å²) in [7, 11) is -2.04. The highest BCUT2D eigenvalue weighted by Crippen LogP contribution is 2.32. The number of imidazole rings is 1. The first-order chi connectivity index (χ1) is 10.5. The molecule has 1 fully saturated rings. The van der Waals surface area contributed by atoms with Crippen LogP contribution in [0.25, 0.3) is 11.0 Å². The van der Waals surface area contributed by atoms with Gasteiger partial charge in [0.25, 0.3) is 0 Å². The van der Waals surface area contributed by atoms with Gasteiger partial charge in [-0.25, -0.2) is 18.2 Å². The highest BCUT2D eigenvalue weighted by molar-refractivity contribution is 7.93. The number of hydrogen-bond donors (Lipinski definition) is 0. The number of nitrogens with zero attached hydrogens (tertiary/aromatic N) is 3. The number of hydrogen-bond acceptors (Lipinski definition) is 5. The lowest BCUT2D eigenvalue weighted by molar-refractivity contribution is 0.0601. The SMILES string of the molecule is CCn1cnc2c(N3CCCS3(=O)=O)cc(C(=O)OC)cc21. The van der Waals surface area contributed by atoms with Crippen LogP contribution in [-0.2, 0) is 21.3 Å². The molecule has 1 aliphatic heterocycles. The van der Waals surface area contributed by atoms with Gasteiger partial charge < -0.3 is 9.30 Å². The van der Waals surface area contributed by atoms with Crippen molar-refractivity contribution in [1.29, 1.82) is 0 Å². The summed E-state index contributed by atoms with van der Waals surface area (Å²) in [5, 5.41) is 0. The molecule has 0 bridgehead atoms. The molecule has 0 N–H and O–H groups in total. The average molecular weight is 323 g/mol. The maximum Gasteiger partial charge on any atom is 0.338 e. The highest BCUT2D eigenvalue weighted by Gasteiger charge is 2.31. The summed E-state index contributed by atoms with van der Waals surface area (Å²) in [6, 6.07) is 3.23. The number of sulfonamides is 1. The fourth-order valence-corrected chi connectivity index (χ4v) is 4.29. The normalized spacial score (nSPS) is 17.1. The molecule has 22 heavy (non-hydrogen) atoms. The molecule has 0 spiro atoms. The smallest absolute Gasteiger partial charge is 0.338 e. The minimum Gasteiger partial charge on any atom is -0.465 e. The van der Waals surface area contributed by atoms with Gasteiger partial charge in [0.05, 0.1) is 36.0 Å². The second kappa shape index (κ2) is 5.28. The van der Waals surface area contributed by atoms with Gasteiger partial charge in [-0.05, 0) is 25.5 Å². The van der Waals surface area contributed by atoms with Crippen LogP contribution in [0.1, 0.15) is 23.7 Å². The summed E-state index contributed by atoms with van der Waals surface area (Å²) in [4.78, 5) is 16.2. The first-order valence-corrected chi connectivity index (χ1v) is 8.66. The van der Waals surface area contributed by atoms with Gasteiger partial charge in [-0.3, -0.25) is 4.31 Å². The van der Waals surface area contributed by atoms with E-state index in [9.17, 15) is 13.2 Å². The lowest BCUT2D eigenvalue weighted by Crippen LogP contribution is -2.25. The molecule has 1 aromatic heterocycles. The standard InChI is InChI=1S/C14H17N3O4S/c1-3-16-9-15-13-11(16)7-10(14(18)21-2)8-12(13)17-5-4-6-22(17,19)20/h7-9H,3-6H2,1-2H3. The summed E-state index contributed by atoms with van der Waals surface area (Å²) >= 11 is 0. The van der Waals surface area contributed by atoms with Crippen molar-refractivity contribution in [2.75, 3.05) is 23.7 Å². The van der Waals surface area contributed by atoms with Gasteiger partial charge >= 0.3 is 5.97 Å². The zero-order valence-corrected chi connectivity index (χ0v) is 13.3. The first-order valence-electron chi connectivity index (χ1n) is 7.05. The summed E-state index contributed by atoms with van der Waals surface area (Å²) in [6.07, 6.45) is 2.22. The Morgan fingerprint density at radius 1 is 1.41 bits per heavy atom. The fourth-order valence-electron chi connectivity index (χ4n) is 2.73. The number of carbonyl (C=O) groups is 1. The van der Waals surface area contributed by atoms with Crippen LogP contribution in [0.3, 0.4) is 0 Å². The van der Waals surface area contributed by atoms with E-state index in [1.807, 2.05) is 11.5 Å². The molecule has 2 heterocycles. The molecule has 0 aliphatic carbocycles. The van der Waals surface area contributed by atoms with Gasteiger partial charge in [0, 0.05) is 13.1 Å². The maximum atomic E-state index is 12.2. The Balaban J connectivity index is 2.28. The van der Waals surface area contributed by atoms with Crippen molar-refractivity contribution in [1.82, 2.24) is 9.55 Å². The Bertz CT molecular complexity index is 841. The number of aryl methyl sites for hydroxylation is 1. The Hall–Kier alpha value is -2.09. The molecule has 1 aromatic carbocycles. The van der Waals surface area contributed by atoms with E-state index in [1.54, 1.807) is 18.5 Å². The zero-order valence-electron chi connectivity index (χ0n) is 12.4. The monoisotopic (exact) mass is 323 g/mol. The fraction of sp³-hybridized carbons (Fsp3) is 0.429. The van der Waals surface area contributed by atoms with E-state index in [0.29, 0.717) is 36.3 Å². The Morgan fingerprint density at radius 3 is 2.77 bits per heavy atom. The number of anilines is 1. The predicted molar refractivity (Wildman–Crippen MR) is 82.5 cm³/mol. The maximum absolute atomic E-state index is 12.2. The Kier molecular flexibility index (Phi) is 3.56. The minimum atomic E-state index is -3.35.